The largest absolute Gasteiger partial charge is 0.397 e. The molecule has 0 radical (unpaired) electrons. The average Bonchev–Trinajstić information content (AvgIpc) is 2.10. The van der Waals surface area contributed by atoms with E-state index in [-0.39, 0.29) is 12.1 Å². The predicted molar refractivity (Wildman–Crippen MR) is 65.0 cm³/mol. The zero-order chi connectivity index (χ0) is 11.5. The van der Waals surface area contributed by atoms with Gasteiger partial charge in [-0.3, -0.25) is 0 Å². The summed E-state index contributed by atoms with van der Waals surface area (Å²) in [5.41, 5.74) is 8.58. The predicted octanol–water partition coefficient (Wildman–Crippen LogP) is 2.15. The lowest BCUT2D eigenvalue weighted by Crippen LogP contribution is -2.32. The van der Waals surface area contributed by atoms with E-state index in [0.29, 0.717) is 6.42 Å². The lowest BCUT2D eigenvalue weighted by molar-refractivity contribution is 0.261. The van der Waals surface area contributed by atoms with Crippen LogP contribution in [0.5, 0.6) is 0 Å². The first-order valence-corrected chi connectivity index (χ1v) is 5.20. The van der Waals surface area contributed by atoms with Gasteiger partial charge in [-0.1, -0.05) is 6.07 Å². The van der Waals surface area contributed by atoms with Crippen LogP contribution >= 0.6 is 0 Å². The zero-order valence-corrected chi connectivity index (χ0v) is 9.67. The molecule has 1 aromatic rings. The summed E-state index contributed by atoms with van der Waals surface area (Å²) in [5.74, 6) is 0. The van der Waals surface area contributed by atoms with Crippen molar-refractivity contribution in [1.29, 1.82) is 0 Å². The summed E-state index contributed by atoms with van der Waals surface area (Å²) in [7, 11) is 0. The van der Waals surface area contributed by atoms with E-state index in [9.17, 15) is 0 Å². The Morgan fingerprint density at radius 2 is 2.07 bits per heavy atom. The van der Waals surface area contributed by atoms with Gasteiger partial charge in [0.25, 0.3) is 0 Å². The van der Waals surface area contributed by atoms with Crippen molar-refractivity contribution < 1.29 is 5.11 Å². The van der Waals surface area contributed by atoms with E-state index in [4.69, 9.17) is 10.8 Å². The third-order valence-electron chi connectivity index (χ3n) is 2.42. The lowest BCUT2D eigenvalue weighted by Gasteiger charge is -2.27. The fraction of sp³-hybridized carbons (Fsp3) is 0.500. The second kappa shape index (κ2) is 4.53. The van der Waals surface area contributed by atoms with Crippen molar-refractivity contribution in [3.8, 4) is 0 Å². The minimum Gasteiger partial charge on any atom is -0.397 e. The Morgan fingerprint density at radius 3 is 2.67 bits per heavy atom. The van der Waals surface area contributed by atoms with E-state index in [1.807, 2.05) is 39.0 Å². The Morgan fingerprint density at radius 1 is 1.40 bits per heavy atom. The van der Waals surface area contributed by atoms with Crippen LogP contribution in [0.3, 0.4) is 0 Å². The third kappa shape index (κ3) is 3.44. The van der Waals surface area contributed by atoms with Crippen LogP contribution in [0, 0.1) is 6.92 Å². The maximum absolute atomic E-state index is 8.93. The number of aliphatic hydroxyl groups is 1. The van der Waals surface area contributed by atoms with Gasteiger partial charge in [-0.25, -0.2) is 0 Å². The van der Waals surface area contributed by atoms with E-state index >= 15 is 0 Å². The standard InChI is InChI=1S/C12H20N2O/c1-9-4-5-10(13)11(8-9)14-12(2,3)6-7-15/h4-5,8,14-15H,6-7,13H2,1-3H3. The number of aryl methyl sites for hydroxylation is 1. The molecule has 0 saturated heterocycles. The van der Waals surface area contributed by atoms with Gasteiger partial charge in [0.1, 0.15) is 0 Å². The highest BCUT2D eigenvalue weighted by molar-refractivity contribution is 5.67. The summed E-state index contributed by atoms with van der Waals surface area (Å²) in [6, 6.07) is 5.90. The molecular formula is C12H20N2O. The van der Waals surface area contributed by atoms with Gasteiger partial charge in [0, 0.05) is 12.1 Å². The number of aliphatic hydroxyl groups excluding tert-OH is 1. The van der Waals surface area contributed by atoms with Crippen molar-refractivity contribution in [1.82, 2.24) is 0 Å². The van der Waals surface area contributed by atoms with Gasteiger partial charge in [-0.2, -0.15) is 0 Å². The number of nitrogen functional groups attached to an aromatic ring is 1. The Labute approximate surface area is 91.3 Å². The zero-order valence-electron chi connectivity index (χ0n) is 9.67. The minimum atomic E-state index is -0.142. The van der Waals surface area contributed by atoms with Crippen LogP contribution < -0.4 is 11.1 Å². The Balaban J connectivity index is 2.83. The first-order chi connectivity index (χ1) is 6.94. The molecule has 3 heteroatoms. The van der Waals surface area contributed by atoms with Gasteiger partial charge in [0.05, 0.1) is 11.4 Å². The number of nitrogens with one attached hydrogen (secondary N) is 1. The second-order valence-corrected chi connectivity index (χ2v) is 4.57. The Kier molecular flexibility index (Phi) is 3.58. The number of nitrogens with two attached hydrogens (primary N) is 1. The van der Waals surface area contributed by atoms with Crippen molar-refractivity contribution in [3.63, 3.8) is 0 Å². The van der Waals surface area contributed by atoms with Gasteiger partial charge < -0.3 is 16.2 Å². The van der Waals surface area contributed by atoms with Crippen molar-refractivity contribution in [2.75, 3.05) is 17.7 Å². The first kappa shape index (κ1) is 11.9. The van der Waals surface area contributed by atoms with E-state index in [2.05, 4.69) is 5.32 Å². The lowest BCUT2D eigenvalue weighted by atomic mass is 10.0. The highest BCUT2D eigenvalue weighted by atomic mass is 16.3. The van der Waals surface area contributed by atoms with Crippen LogP contribution in [0.2, 0.25) is 0 Å². The van der Waals surface area contributed by atoms with Crippen LogP contribution in [0.25, 0.3) is 0 Å². The molecule has 0 unspecified atom stereocenters. The summed E-state index contributed by atoms with van der Waals surface area (Å²) in [6.07, 6.45) is 0.695. The van der Waals surface area contributed by atoms with Crippen molar-refractivity contribution in [3.05, 3.63) is 23.8 Å². The molecule has 0 bridgehead atoms. The molecular weight excluding hydrogens is 188 g/mol. The van der Waals surface area contributed by atoms with E-state index in [0.717, 1.165) is 11.4 Å². The number of hydrogen-bond acceptors (Lipinski definition) is 3. The number of anilines is 2. The number of rotatable bonds is 4. The first-order valence-electron chi connectivity index (χ1n) is 5.20. The summed E-state index contributed by atoms with van der Waals surface area (Å²) in [4.78, 5) is 0. The molecule has 0 aromatic heterocycles. The summed E-state index contributed by atoms with van der Waals surface area (Å²) in [6.45, 7) is 6.30. The molecule has 3 nitrogen and oxygen atoms in total. The molecule has 0 atom stereocenters. The smallest absolute Gasteiger partial charge is 0.0580 e. The molecule has 0 saturated carbocycles. The normalized spacial score (nSPS) is 11.5. The quantitative estimate of drug-likeness (QED) is 0.664. The molecule has 0 amide bonds. The van der Waals surface area contributed by atoms with Gasteiger partial charge in [0.2, 0.25) is 0 Å². The Bertz CT molecular complexity index is 334. The second-order valence-electron chi connectivity index (χ2n) is 4.57. The van der Waals surface area contributed by atoms with Crippen LogP contribution in [-0.2, 0) is 0 Å². The van der Waals surface area contributed by atoms with Gasteiger partial charge in [-0.05, 0) is 44.9 Å². The number of hydrogen-bond donors (Lipinski definition) is 3. The maximum Gasteiger partial charge on any atom is 0.0580 e. The molecule has 0 fully saturated rings. The molecule has 4 N–H and O–H groups in total. The Hall–Kier alpha value is -1.22. The molecule has 1 aromatic carbocycles. The SMILES string of the molecule is Cc1ccc(N)c(NC(C)(C)CCO)c1. The molecule has 15 heavy (non-hydrogen) atoms. The van der Waals surface area contributed by atoms with E-state index in [1.165, 1.54) is 5.56 Å². The van der Waals surface area contributed by atoms with Crippen LogP contribution in [0.4, 0.5) is 11.4 Å². The highest BCUT2D eigenvalue weighted by Crippen LogP contribution is 2.24. The molecule has 0 aliphatic rings. The highest BCUT2D eigenvalue weighted by Gasteiger charge is 2.17. The average molecular weight is 208 g/mol. The van der Waals surface area contributed by atoms with Gasteiger partial charge in [-0.15, -0.1) is 0 Å². The fourth-order valence-corrected chi connectivity index (χ4v) is 1.48. The maximum atomic E-state index is 8.93. The molecule has 0 spiro atoms. The molecule has 0 aliphatic carbocycles. The van der Waals surface area contributed by atoms with Crippen molar-refractivity contribution in [2.45, 2.75) is 32.7 Å². The van der Waals surface area contributed by atoms with E-state index < -0.39 is 0 Å². The van der Waals surface area contributed by atoms with Crippen LogP contribution in [-0.4, -0.2) is 17.3 Å². The fourth-order valence-electron chi connectivity index (χ4n) is 1.48. The summed E-state index contributed by atoms with van der Waals surface area (Å²) in [5, 5.41) is 12.3. The minimum absolute atomic E-state index is 0.142. The molecule has 1 rings (SSSR count). The van der Waals surface area contributed by atoms with Crippen molar-refractivity contribution in [2.24, 2.45) is 0 Å². The third-order valence-corrected chi connectivity index (χ3v) is 2.42. The van der Waals surface area contributed by atoms with Crippen LogP contribution in [0.1, 0.15) is 25.8 Å². The summed E-state index contributed by atoms with van der Waals surface area (Å²) < 4.78 is 0. The number of benzene rings is 1. The topological polar surface area (TPSA) is 58.3 Å². The van der Waals surface area contributed by atoms with E-state index in [1.54, 1.807) is 0 Å². The van der Waals surface area contributed by atoms with Crippen molar-refractivity contribution >= 4 is 11.4 Å². The van der Waals surface area contributed by atoms with Gasteiger partial charge >= 0.3 is 0 Å². The molecule has 84 valence electrons. The molecule has 0 heterocycles. The van der Waals surface area contributed by atoms with Crippen LogP contribution in [0.15, 0.2) is 18.2 Å². The molecule has 0 aliphatic heterocycles. The van der Waals surface area contributed by atoms with Gasteiger partial charge in [0.15, 0.2) is 0 Å². The summed E-state index contributed by atoms with van der Waals surface area (Å²) >= 11 is 0. The monoisotopic (exact) mass is 208 g/mol.